The maximum atomic E-state index is 11.9. The van der Waals surface area contributed by atoms with E-state index >= 15 is 0 Å². The highest BCUT2D eigenvalue weighted by Gasteiger charge is 2.19. The summed E-state index contributed by atoms with van der Waals surface area (Å²) < 4.78 is 0. The van der Waals surface area contributed by atoms with Crippen molar-refractivity contribution in [3.63, 3.8) is 0 Å². The third-order valence-corrected chi connectivity index (χ3v) is 4.17. The third kappa shape index (κ3) is 9.33. The molecule has 1 aromatic rings. The van der Waals surface area contributed by atoms with Crippen LogP contribution in [0.5, 0.6) is 0 Å². The van der Waals surface area contributed by atoms with Crippen LogP contribution in [0.1, 0.15) is 70.3 Å². The number of unbranched alkanes of at least 4 members (excludes halogenated alkanes) is 7. The molecule has 2 N–H and O–H groups in total. The Morgan fingerprint density at radius 3 is 2.12 bits per heavy atom. The second kappa shape index (κ2) is 12.6. The molecule has 134 valence electrons. The Balaban J connectivity index is 2.20. The second-order valence-corrected chi connectivity index (χ2v) is 6.37. The van der Waals surface area contributed by atoms with Crippen molar-refractivity contribution in [3.8, 4) is 0 Å². The van der Waals surface area contributed by atoms with Crippen LogP contribution < -0.4 is 5.32 Å². The van der Waals surface area contributed by atoms with E-state index in [1.807, 2.05) is 30.3 Å². The first-order valence-electron chi connectivity index (χ1n) is 9.19. The fourth-order valence-electron chi connectivity index (χ4n) is 2.74. The SMILES string of the molecule is CCCCCCCCCCC(=O)N[C@@H](Cc1ccccc1)C(=O)O. The molecular weight excluding hydrogens is 302 g/mol. The minimum Gasteiger partial charge on any atom is -0.480 e. The van der Waals surface area contributed by atoms with Gasteiger partial charge in [-0.1, -0.05) is 82.2 Å². The summed E-state index contributed by atoms with van der Waals surface area (Å²) in [6.07, 6.45) is 10.1. The minimum atomic E-state index is -0.983. The van der Waals surface area contributed by atoms with E-state index in [0.717, 1.165) is 24.8 Å². The average molecular weight is 333 g/mol. The molecule has 1 rings (SSSR count). The van der Waals surface area contributed by atoms with E-state index in [1.54, 1.807) is 0 Å². The van der Waals surface area contributed by atoms with Gasteiger partial charge in [-0.3, -0.25) is 4.79 Å². The predicted octanol–water partition coefficient (Wildman–Crippen LogP) is 4.33. The quantitative estimate of drug-likeness (QED) is 0.528. The lowest BCUT2D eigenvalue weighted by atomic mass is 10.1. The summed E-state index contributed by atoms with van der Waals surface area (Å²) in [6, 6.07) is 8.53. The first-order chi connectivity index (χ1) is 11.6. The molecule has 24 heavy (non-hydrogen) atoms. The maximum Gasteiger partial charge on any atom is 0.326 e. The highest BCUT2D eigenvalue weighted by molar-refractivity contribution is 5.83. The normalized spacial score (nSPS) is 11.9. The Bertz CT molecular complexity index is 473. The number of carbonyl (C=O) groups is 2. The van der Waals surface area contributed by atoms with E-state index in [4.69, 9.17) is 0 Å². The fraction of sp³-hybridized carbons (Fsp3) is 0.600. The summed E-state index contributed by atoms with van der Waals surface area (Å²) in [5.74, 6) is -1.15. The number of nitrogens with one attached hydrogen (secondary N) is 1. The van der Waals surface area contributed by atoms with E-state index in [2.05, 4.69) is 12.2 Å². The molecule has 0 unspecified atom stereocenters. The van der Waals surface area contributed by atoms with Crippen molar-refractivity contribution in [3.05, 3.63) is 35.9 Å². The Labute approximate surface area is 145 Å². The lowest BCUT2D eigenvalue weighted by Gasteiger charge is -2.14. The standard InChI is InChI=1S/C20H31NO3/c1-2-3-4-5-6-7-8-12-15-19(22)21-18(20(23)24)16-17-13-10-9-11-14-17/h9-11,13-14,18H,2-8,12,15-16H2,1H3,(H,21,22)(H,23,24)/t18-/m0/s1. The molecule has 0 heterocycles. The van der Waals surface area contributed by atoms with Gasteiger partial charge in [0.05, 0.1) is 0 Å². The Hall–Kier alpha value is -1.84. The number of hydrogen-bond acceptors (Lipinski definition) is 2. The van der Waals surface area contributed by atoms with Gasteiger partial charge in [0.25, 0.3) is 0 Å². The predicted molar refractivity (Wildman–Crippen MR) is 96.9 cm³/mol. The van der Waals surface area contributed by atoms with Gasteiger partial charge in [-0.2, -0.15) is 0 Å². The lowest BCUT2D eigenvalue weighted by molar-refractivity contribution is -0.141. The topological polar surface area (TPSA) is 66.4 Å². The van der Waals surface area contributed by atoms with Gasteiger partial charge in [0.2, 0.25) is 5.91 Å². The van der Waals surface area contributed by atoms with Crippen molar-refractivity contribution in [2.75, 3.05) is 0 Å². The number of benzene rings is 1. The van der Waals surface area contributed by atoms with Crippen LogP contribution in [0, 0.1) is 0 Å². The van der Waals surface area contributed by atoms with E-state index in [1.165, 1.54) is 32.1 Å². The van der Waals surface area contributed by atoms with Crippen molar-refractivity contribution in [1.82, 2.24) is 5.32 Å². The largest absolute Gasteiger partial charge is 0.480 e. The van der Waals surface area contributed by atoms with Crippen molar-refractivity contribution in [2.45, 2.75) is 77.2 Å². The number of aliphatic carboxylic acids is 1. The molecule has 0 aromatic heterocycles. The average Bonchev–Trinajstić information content (AvgIpc) is 2.57. The molecule has 1 aromatic carbocycles. The first-order valence-corrected chi connectivity index (χ1v) is 9.19. The van der Waals surface area contributed by atoms with Gasteiger partial charge in [0, 0.05) is 12.8 Å². The smallest absolute Gasteiger partial charge is 0.326 e. The molecular formula is C20H31NO3. The number of amides is 1. The number of hydrogen-bond donors (Lipinski definition) is 2. The van der Waals surface area contributed by atoms with E-state index < -0.39 is 12.0 Å². The molecule has 1 amide bonds. The highest BCUT2D eigenvalue weighted by Crippen LogP contribution is 2.10. The first kappa shape index (κ1) is 20.2. The van der Waals surface area contributed by atoms with E-state index in [0.29, 0.717) is 12.8 Å². The number of rotatable bonds is 13. The van der Waals surface area contributed by atoms with Crippen LogP contribution in [0.4, 0.5) is 0 Å². The highest BCUT2D eigenvalue weighted by atomic mass is 16.4. The van der Waals surface area contributed by atoms with Crippen LogP contribution in [0.3, 0.4) is 0 Å². The van der Waals surface area contributed by atoms with Gasteiger partial charge < -0.3 is 10.4 Å². The number of carboxylic acids is 1. The molecule has 4 heteroatoms. The second-order valence-electron chi connectivity index (χ2n) is 6.37. The Kier molecular flexibility index (Phi) is 10.6. The maximum absolute atomic E-state index is 11.9. The summed E-state index contributed by atoms with van der Waals surface area (Å²) in [5, 5.41) is 11.9. The molecule has 0 radical (unpaired) electrons. The van der Waals surface area contributed by atoms with Crippen molar-refractivity contribution >= 4 is 11.9 Å². The minimum absolute atomic E-state index is 0.163. The molecule has 0 bridgehead atoms. The summed E-state index contributed by atoms with van der Waals surface area (Å²) in [7, 11) is 0. The lowest BCUT2D eigenvalue weighted by Crippen LogP contribution is -2.42. The Morgan fingerprint density at radius 1 is 0.958 bits per heavy atom. The van der Waals surface area contributed by atoms with E-state index in [-0.39, 0.29) is 5.91 Å². The molecule has 0 aliphatic rings. The van der Waals surface area contributed by atoms with Crippen LogP contribution in [-0.4, -0.2) is 23.0 Å². The van der Waals surface area contributed by atoms with Gasteiger partial charge >= 0.3 is 5.97 Å². The summed E-state index contributed by atoms with van der Waals surface area (Å²) in [6.45, 7) is 2.21. The van der Waals surface area contributed by atoms with Crippen molar-refractivity contribution in [2.24, 2.45) is 0 Å². The van der Waals surface area contributed by atoms with Crippen LogP contribution in [-0.2, 0) is 16.0 Å². The van der Waals surface area contributed by atoms with E-state index in [9.17, 15) is 14.7 Å². The zero-order valence-electron chi connectivity index (χ0n) is 14.8. The molecule has 0 aliphatic carbocycles. The molecule has 0 saturated carbocycles. The molecule has 0 saturated heterocycles. The van der Waals surface area contributed by atoms with Gasteiger partial charge in [-0.05, 0) is 12.0 Å². The molecule has 0 spiro atoms. The van der Waals surface area contributed by atoms with Crippen LogP contribution >= 0.6 is 0 Å². The molecule has 0 fully saturated rings. The van der Waals surface area contributed by atoms with Crippen LogP contribution in [0.2, 0.25) is 0 Å². The zero-order chi connectivity index (χ0) is 17.6. The summed E-state index contributed by atoms with van der Waals surface area (Å²) in [5.41, 5.74) is 0.914. The third-order valence-electron chi connectivity index (χ3n) is 4.17. The van der Waals surface area contributed by atoms with Crippen molar-refractivity contribution < 1.29 is 14.7 Å². The number of carbonyl (C=O) groups excluding carboxylic acids is 1. The van der Waals surface area contributed by atoms with Crippen LogP contribution in [0.15, 0.2) is 30.3 Å². The summed E-state index contributed by atoms with van der Waals surface area (Å²) in [4.78, 5) is 23.3. The van der Waals surface area contributed by atoms with Gasteiger partial charge in [-0.15, -0.1) is 0 Å². The van der Waals surface area contributed by atoms with Gasteiger partial charge in [-0.25, -0.2) is 4.79 Å². The molecule has 4 nitrogen and oxygen atoms in total. The monoisotopic (exact) mass is 333 g/mol. The molecule has 0 aliphatic heterocycles. The Morgan fingerprint density at radius 2 is 1.54 bits per heavy atom. The zero-order valence-corrected chi connectivity index (χ0v) is 14.8. The molecule has 1 atom stereocenters. The van der Waals surface area contributed by atoms with Gasteiger partial charge in [0.15, 0.2) is 0 Å². The fourth-order valence-corrected chi connectivity index (χ4v) is 2.74. The van der Waals surface area contributed by atoms with Crippen LogP contribution in [0.25, 0.3) is 0 Å². The number of carboxylic acid groups (broad SMARTS) is 1. The van der Waals surface area contributed by atoms with Crippen molar-refractivity contribution in [1.29, 1.82) is 0 Å². The summed E-state index contributed by atoms with van der Waals surface area (Å²) >= 11 is 0. The van der Waals surface area contributed by atoms with Gasteiger partial charge in [0.1, 0.15) is 6.04 Å².